The number of carboxylic acid groups (broad SMARTS) is 1. The van der Waals surface area contributed by atoms with Crippen LogP contribution < -0.4 is 10.6 Å². The third kappa shape index (κ3) is 4.42. The van der Waals surface area contributed by atoms with E-state index in [0.29, 0.717) is 12.8 Å². The molecule has 2 amide bonds. The maximum atomic E-state index is 11.8. The summed E-state index contributed by atoms with van der Waals surface area (Å²) in [5.74, 6) is -1.07. The molecule has 2 rings (SSSR count). The van der Waals surface area contributed by atoms with E-state index in [1.165, 1.54) is 18.5 Å². The number of anilines is 1. The average molecular weight is 313 g/mol. The number of carbonyl (C=O) groups is 2. The van der Waals surface area contributed by atoms with Gasteiger partial charge in [-0.15, -0.1) is 0 Å². The molecule has 1 saturated heterocycles. The van der Waals surface area contributed by atoms with Crippen molar-refractivity contribution < 1.29 is 23.1 Å². The van der Waals surface area contributed by atoms with Crippen molar-refractivity contribution in [2.45, 2.75) is 18.9 Å². The largest absolute Gasteiger partial charge is 0.478 e. The SMILES string of the molecule is O=C(Nc1cncc(C(=O)O)c1)NC1CCCS(=O)(=O)C1. The molecule has 1 unspecified atom stereocenters. The Morgan fingerprint density at radius 3 is 2.76 bits per heavy atom. The first-order chi connectivity index (χ1) is 9.85. The lowest BCUT2D eigenvalue weighted by atomic mass is 10.2. The molecule has 21 heavy (non-hydrogen) atoms. The van der Waals surface area contributed by atoms with E-state index in [9.17, 15) is 18.0 Å². The van der Waals surface area contributed by atoms with Gasteiger partial charge in [0.2, 0.25) is 0 Å². The molecule has 2 heterocycles. The Balaban J connectivity index is 1.95. The summed E-state index contributed by atoms with van der Waals surface area (Å²) < 4.78 is 22.9. The van der Waals surface area contributed by atoms with Crippen LogP contribution >= 0.6 is 0 Å². The van der Waals surface area contributed by atoms with Crippen molar-refractivity contribution in [2.24, 2.45) is 0 Å². The van der Waals surface area contributed by atoms with Gasteiger partial charge in [0.05, 0.1) is 29.0 Å². The van der Waals surface area contributed by atoms with Crippen molar-refractivity contribution in [3.05, 3.63) is 24.0 Å². The molecule has 0 spiro atoms. The number of pyridine rings is 1. The van der Waals surface area contributed by atoms with Crippen LogP contribution in [0.25, 0.3) is 0 Å². The molecule has 0 bridgehead atoms. The highest BCUT2D eigenvalue weighted by atomic mass is 32.2. The van der Waals surface area contributed by atoms with Crippen molar-refractivity contribution >= 4 is 27.5 Å². The van der Waals surface area contributed by atoms with Crippen LogP contribution in [0, 0.1) is 0 Å². The van der Waals surface area contributed by atoms with Gasteiger partial charge in [0.1, 0.15) is 0 Å². The van der Waals surface area contributed by atoms with E-state index in [4.69, 9.17) is 5.11 Å². The number of carbonyl (C=O) groups excluding carboxylic acids is 1. The molecule has 1 fully saturated rings. The van der Waals surface area contributed by atoms with Gasteiger partial charge in [-0.1, -0.05) is 0 Å². The molecule has 1 atom stereocenters. The molecule has 0 radical (unpaired) electrons. The Morgan fingerprint density at radius 2 is 2.10 bits per heavy atom. The number of aromatic carboxylic acids is 1. The predicted molar refractivity (Wildman–Crippen MR) is 75.0 cm³/mol. The van der Waals surface area contributed by atoms with E-state index in [0.717, 1.165) is 0 Å². The molecule has 9 heteroatoms. The first kappa shape index (κ1) is 15.2. The van der Waals surface area contributed by atoms with Crippen molar-refractivity contribution in [2.75, 3.05) is 16.8 Å². The molecule has 0 saturated carbocycles. The number of nitrogens with one attached hydrogen (secondary N) is 2. The van der Waals surface area contributed by atoms with E-state index in [1.807, 2.05) is 0 Å². The predicted octanol–water partition coefficient (Wildman–Crippen LogP) is 0.478. The van der Waals surface area contributed by atoms with Gasteiger partial charge >= 0.3 is 12.0 Å². The first-order valence-corrected chi connectivity index (χ1v) is 8.14. The third-order valence-electron chi connectivity index (χ3n) is 3.04. The number of rotatable bonds is 3. The zero-order valence-corrected chi connectivity index (χ0v) is 11.9. The highest BCUT2D eigenvalue weighted by molar-refractivity contribution is 7.91. The standard InChI is InChI=1S/C12H15N3O5S/c16-11(17)8-4-10(6-13-5-8)15-12(18)14-9-2-1-3-21(19,20)7-9/h4-6,9H,1-3,7H2,(H,16,17)(H2,14,15,18). The molecule has 0 aromatic carbocycles. The van der Waals surface area contributed by atoms with Crippen LogP contribution in [0.3, 0.4) is 0 Å². The number of nitrogens with zero attached hydrogens (tertiary/aromatic N) is 1. The average Bonchev–Trinajstić information content (AvgIpc) is 2.37. The van der Waals surface area contributed by atoms with E-state index in [-0.39, 0.29) is 22.8 Å². The van der Waals surface area contributed by atoms with Gasteiger partial charge < -0.3 is 15.7 Å². The maximum absolute atomic E-state index is 11.8. The van der Waals surface area contributed by atoms with Crippen LogP contribution in [0.4, 0.5) is 10.5 Å². The topological polar surface area (TPSA) is 125 Å². The van der Waals surface area contributed by atoms with Crippen molar-refractivity contribution in [3.63, 3.8) is 0 Å². The zero-order valence-electron chi connectivity index (χ0n) is 11.1. The van der Waals surface area contributed by atoms with Gasteiger partial charge in [0.15, 0.2) is 9.84 Å². The quantitative estimate of drug-likeness (QED) is 0.745. The van der Waals surface area contributed by atoms with E-state index in [1.54, 1.807) is 0 Å². The molecule has 1 aromatic rings. The molecule has 0 aliphatic carbocycles. The monoisotopic (exact) mass is 313 g/mol. The summed E-state index contributed by atoms with van der Waals surface area (Å²) in [6.07, 6.45) is 3.59. The van der Waals surface area contributed by atoms with Gasteiger partial charge in [-0.3, -0.25) is 4.98 Å². The van der Waals surface area contributed by atoms with Gasteiger partial charge in [-0.2, -0.15) is 0 Å². The summed E-state index contributed by atoms with van der Waals surface area (Å²) in [4.78, 5) is 26.3. The summed E-state index contributed by atoms with van der Waals surface area (Å²) in [7, 11) is -3.10. The Bertz CT molecular complexity index is 659. The first-order valence-electron chi connectivity index (χ1n) is 6.32. The van der Waals surface area contributed by atoms with Crippen LogP contribution in [-0.2, 0) is 9.84 Å². The number of carboxylic acids is 1. The molecular weight excluding hydrogens is 298 g/mol. The summed E-state index contributed by atoms with van der Waals surface area (Å²) in [6.45, 7) is 0. The Morgan fingerprint density at radius 1 is 1.33 bits per heavy atom. The number of sulfone groups is 1. The molecule has 1 aromatic heterocycles. The Kier molecular flexibility index (Phi) is 4.41. The summed E-state index contributed by atoms with van der Waals surface area (Å²) in [5, 5.41) is 13.8. The lowest BCUT2D eigenvalue weighted by Gasteiger charge is -2.23. The van der Waals surface area contributed by atoms with Crippen LogP contribution in [-0.4, -0.2) is 48.1 Å². The summed E-state index contributed by atoms with van der Waals surface area (Å²) in [6, 6.07) is 0.257. The highest BCUT2D eigenvalue weighted by Gasteiger charge is 2.25. The van der Waals surface area contributed by atoms with Crippen molar-refractivity contribution in [1.82, 2.24) is 10.3 Å². The highest BCUT2D eigenvalue weighted by Crippen LogP contribution is 2.13. The van der Waals surface area contributed by atoms with Crippen LogP contribution in [0.5, 0.6) is 0 Å². The van der Waals surface area contributed by atoms with Crippen LogP contribution in [0.15, 0.2) is 18.5 Å². The van der Waals surface area contributed by atoms with E-state index >= 15 is 0 Å². The maximum Gasteiger partial charge on any atom is 0.337 e. The van der Waals surface area contributed by atoms with Gasteiger partial charge in [0.25, 0.3) is 0 Å². The lowest BCUT2D eigenvalue weighted by Crippen LogP contribution is -2.44. The third-order valence-corrected chi connectivity index (χ3v) is 4.86. The fourth-order valence-corrected chi connectivity index (χ4v) is 3.75. The number of hydrogen-bond donors (Lipinski definition) is 3. The van der Waals surface area contributed by atoms with Crippen molar-refractivity contribution in [1.29, 1.82) is 0 Å². The second-order valence-corrected chi connectivity index (χ2v) is 7.05. The molecule has 1 aliphatic heterocycles. The molecule has 3 N–H and O–H groups in total. The smallest absolute Gasteiger partial charge is 0.337 e. The minimum Gasteiger partial charge on any atom is -0.478 e. The molecule has 8 nitrogen and oxygen atoms in total. The van der Waals surface area contributed by atoms with E-state index < -0.39 is 27.9 Å². The minimum atomic E-state index is -3.10. The van der Waals surface area contributed by atoms with Gasteiger partial charge in [0, 0.05) is 12.2 Å². The second kappa shape index (κ2) is 6.08. The van der Waals surface area contributed by atoms with Crippen LogP contribution in [0.2, 0.25) is 0 Å². The van der Waals surface area contributed by atoms with Gasteiger partial charge in [-0.05, 0) is 18.9 Å². The summed E-state index contributed by atoms with van der Waals surface area (Å²) >= 11 is 0. The number of aromatic nitrogens is 1. The second-order valence-electron chi connectivity index (χ2n) is 4.82. The summed E-state index contributed by atoms with van der Waals surface area (Å²) in [5.41, 5.74) is 0.180. The molecule has 1 aliphatic rings. The normalized spacial score (nSPS) is 20.5. The van der Waals surface area contributed by atoms with Gasteiger partial charge in [-0.25, -0.2) is 18.0 Å². The van der Waals surface area contributed by atoms with E-state index in [2.05, 4.69) is 15.6 Å². The Hall–Kier alpha value is -2.16. The lowest BCUT2D eigenvalue weighted by molar-refractivity contribution is 0.0696. The van der Waals surface area contributed by atoms with Crippen LogP contribution in [0.1, 0.15) is 23.2 Å². The Labute approximate surface area is 121 Å². The minimum absolute atomic E-state index is 0.0481. The number of hydrogen-bond acceptors (Lipinski definition) is 5. The molecular formula is C12H15N3O5S. The van der Waals surface area contributed by atoms with Crippen molar-refractivity contribution in [3.8, 4) is 0 Å². The number of urea groups is 1. The fourth-order valence-electron chi connectivity index (χ4n) is 2.11. The zero-order chi connectivity index (χ0) is 15.5. The number of amides is 2. The fraction of sp³-hybridized carbons (Fsp3) is 0.417. The molecule has 114 valence electrons.